The summed E-state index contributed by atoms with van der Waals surface area (Å²) in [5.74, 6) is 0.497. The number of thiazole rings is 1. The highest BCUT2D eigenvalue weighted by atomic mass is 35.5. The zero-order valence-electron chi connectivity index (χ0n) is 10.7. The fourth-order valence-electron chi connectivity index (χ4n) is 1.72. The van der Waals surface area contributed by atoms with Gasteiger partial charge >= 0.3 is 0 Å². The lowest BCUT2D eigenvalue weighted by atomic mass is 10.1. The van der Waals surface area contributed by atoms with Gasteiger partial charge in [-0.3, -0.25) is 0 Å². The summed E-state index contributed by atoms with van der Waals surface area (Å²) < 4.78 is 5.07. The number of phenols is 1. The van der Waals surface area contributed by atoms with E-state index in [0.717, 1.165) is 5.01 Å². The highest BCUT2D eigenvalue weighted by Crippen LogP contribution is 2.33. The standard InChI is InChI=1S/C13H15ClN2O2S/c1-8(13-15-3-4-19-13)16-7-9-5-10(14)6-11(18-2)12(9)17/h3-6,8,16-17H,7H2,1-2H3. The van der Waals surface area contributed by atoms with Gasteiger partial charge in [-0.1, -0.05) is 11.6 Å². The van der Waals surface area contributed by atoms with Crippen molar-refractivity contribution in [2.45, 2.75) is 19.5 Å². The first-order valence-corrected chi connectivity index (χ1v) is 7.05. The molecule has 0 radical (unpaired) electrons. The van der Waals surface area contributed by atoms with Gasteiger partial charge in [0.2, 0.25) is 0 Å². The molecule has 0 saturated heterocycles. The van der Waals surface area contributed by atoms with Crippen LogP contribution < -0.4 is 10.1 Å². The predicted molar refractivity (Wildman–Crippen MR) is 77.0 cm³/mol. The molecule has 6 heteroatoms. The Labute approximate surface area is 121 Å². The number of hydrogen-bond donors (Lipinski definition) is 2. The van der Waals surface area contributed by atoms with E-state index in [9.17, 15) is 5.11 Å². The van der Waals surface area contributed by atoms with Crippen LogP contribution in [0.3, 0.4) is 0 Å². The maximum Gasteiger partial charge on any atom is 0.162 e. The minimum absolute atomic E-state index is 0.115. The molecule has 0 saturated carbocycles. The molecular weight excluding hydrogens is 284 g/mol. The number of ether oxygens (including phenoxy) is 1. The number of nitrogens with one attached hydrogen (secondary N) is 1. The Morgan fingerprint density at radius 1 is 1.53 bits per heavy atom. The number of phenolic OH excluding ortho intramolecular Hbond substituents is 1. The second-order valence-corrected chi connectivity index (χ2v) is 5.45. The Balaban J connectivity index is 2.09. The lowest BCUT2D eigenvalue weighted by Gasteiger charge is -2.14. The van der Waals surface area contributed by atoms with Gasteiger partial charge < -0.3 is 15.2 Å². The van der Waals surface area contributed by atoms with Gasteiger partial charge in [-0.2, -0.15) is 0 Å². The van der Waals surface area contributed by atoms with E-state index in [1.54, 1.807) is 29.7 Å². The van der Waals surface area contributed by atoms with Crippen molar-refractivity contribution in [3.8, 4) is 11.5 Å². The Hall–Kier alpha value is -1.30. The molecule has 0 aliphatic rings. The minimum Gasteiger partial charge on any atom is -0.504 e. The van der Waals surface area contributed by atoms with E-state index in [1.165, 1.54) is 7.11 Å². The Bertz CT molecular complexity index is 546. The highest BCUT2D eigenvalue weighted by Gasteiger charge is 2.12. The van der Waals surface area contributed by atoms with Crippen molar-refractivity contribution in [2.24, 2.45) is 0 Å². The molecule has 0 aliphatic heterocycles. The monoisotopic (exact) mass is 298 g/mol. The van der Waals surface area contributed by atoms with Crippen molar-refractivity contribution >= 4 is 22.9 Å². The highest BCUT2D eigenvalue weighted by molar-refractivity contribution is 7.09. The summed E-state index contributed by atoms with van der Waals surface area (Å²) in [6, 6.07) is 3.43. The molecule has 2 rings (SSSR count). The summed E-state index contributed by atoms with van der Waals surface area (Å²) in [5.41, 5.74) is 0.702. The van der Waals surface area contributed by atoms with Crippen LogP contribution in [-0.2, 0) is 6.54 Å². The van der Waals surface area contributed by atoms with E-state index in [-0.39, 0.29) is 11.8 Å². The molecule has 0 aliphatic carbocycles. The molecule has 1 heterocycles. The summed E-state index contributed by atoms with van der Waals surface area (Å²) in [6.07, 6.45) is 1.78. The molecule has 1 atom stereocenters. The zero-order valence-corrected chi connectivity index (χ0v) is 12.3. The number of aromatic nitrogens is 1. The second kappa shape index (κ2) is 6.23. The minimum atomic E-state index is 0.115. The number of rotatable bonds is 5. The van der Waals surface area contributed by atoms with Gasteiger partial charge in [0, 0.05) is 34.8 Å². The van der Waals surface area contributed by atoms with Crippen LogP contribution in [0, 0.1) is 0 Å². The number of halogens is 1. The maximum absolute atomic E-state index is 10.0. The molecule has 1 aromatic heterocycles. The quantitative estimate of drug-likeness (QED) is 0.889. The molecule has 102 valence electrons. The summed E-state index contributed by atoms with van der Waals surface area (Å²) in [7, 11) is 1.50. The predicted octanol–water partition coefficient (Wildman–Crippen LogP) is 3.36. The molecule has 1 aromatic carbocycles. The third-order valence-corrected chi connectivity index (χ3v) is 3.94. The van der Waals surface area contributed by atoms with E-state index >= 15 is 0 Å². The summed E-state index contributed by atoms with van der Waals surface area (Å²) >= 11 is 7.58. The molecule has 4 nitrogen and oxygen atoms in total. The molecular formula is C13H15ClN2O2S. The average Bonchev–Trinajstić information content (AvgIpc) is 2.93. The van der Waals surface area contributed by atoms with Gasteiger partial charge in [0.1, 0.15) is 5.01 Å². The fraction of sp³-hybridized carbons (Fsp3) is 0.308. The SMILES string of the molecule is COc1cc(Cl)cc(CNC(C)c2nccs2)c1O. The topological polar surface area (TPSA) is 54.4 Å². The van der Waals surface area contributed by atoms with Crippen LogP contribution in [-0.4, -0.2) is 17.2 Å². The average molecular weight is 299 g/mol. The van der Waals surface area contributed by atoms with Crippen molar-refractivity contribution in [3.63, 3.8) is 0 Å². The molecule has 19 heavy (non-hydrogen) atoms. The number of methoxy groups -OCH3 is 1. The van der Waals surface area contributed by atoms with Crippen molar-refractivity contribution in [3.05, 3.63) is 39.3 Å². The first-order chi connectivity index (χ1) is 9.11. The molecule has 2 aromatic rings. The summed E-state index contributed by atoms with van der Waals surface area (Å²) in [5, 5.41) is 16.8. The van der Waals surface area contributed by atoms with Crippen LogP contribution in [0.5, 0.6) is 11.5 Å². The lowest BCUT2D eigenvalue weighted by molar-refractivity contribution is 0.369. The van der Waals surface area contributed by atoms with Crippen LogP contribution in [0.2, 0.25) is 5.02 Å². The van der Waals surface area contributed by atoms with Gasteiger partial charge in [-0.15, -0.1) is 11.3 Å². The van der Waals surface area contributed by atoms with Crippen molar-refractivity contribution < 1.29 is 9.84 Å². The number of aromatic hydroxyl groups is 1. The third kappa shape index (κ3) is 3.37. The van der Waals surface area contributed by atoms with Crippen LogP contribution in [0.1, 0.15) is 23.5 Å². The van der Waals surface area contributed by atoms with E-state index in [1.807, 2.05) is 12.3 Å². The van der Waals surface area contributed by atoms with Gasteiger partial charge in [-0.25, -0.2) is 4.98 Å². The van der Waals surface area contributed by atoms with E-state index in [2.05, 4.69) is 10.3 Å². The molecule has 1 unspecified atom stereocenters. The number of nitrogens with zero attached hydrogens (tertiary/aromatic N) is 1. The van der Waals surface area contributed by atoms with Crippen LogP contribution in [0.15, 0.2) is 23.7 Å². The summed E-state index contributed by atoms with van der Waals surface area (Å²) in [6.45, 7) is 2.52. The van der Waals surface area contributed by atoms with Gasteiger partial charge in [-0.05, 0) is 13.0 Å². The Kier molecular flexibility index (Phi) is 4.63. The lowest BCUT2D eigenvalue weighted by Crippen LogP contribution is -2.18. The number of benzene rings is 1. The smallest absolute Gasteiger partial charge is 0.162 e. The number of hydrogen-bond acceptors (Lipinski definition) is 5. The summed E-state index contributed by atoms with van der Waals surface area (Å²) in [4.78, 5) is 4.24. The van der Waals surface area contributed by atoms with Gasteiger partial charge in [0.05, 0.1) is 13.2 Å². The van der Waals surface area contributed by atoms with E-state index in [4.69, 9.17) is 16.3 Å². The normalized spacial score (nSPS) is 12.4. The molecule has 0 bridgehead atoms. The van der Waals surface area contributed by atoms with Gasteiger partial charge in [0.25, 0.3) is 0 Å². The largest absolute Gasteiger partial charge is 0.504 e. The van der Waals surface area contributed by atoms with Crippen LogP contribution >= 0.6 is 22.9 Å². The van der Waals surface area contributed by atoms with Gasteiger partial charge in [0.15, 0.2) is 11.5 Å². The van der Waals surface area contributed by atoms with Crippen molar-refractivity contribution in [1.29, 1.82) is 0 Å². The van der Waals surface area contributed by atoms with Crippen LogP contribution in [0.4, 0.5) is 0 Å². The zero-order chi connectivity index (χ0) is 13.8. The second-order valence-electron chi connectivity index (χ2n) is 4.09. The van der Waals surface area contributed by atoms with Crippen molar-refractivity contribution in [1.82, 2.24) is 10.3 Å². The molecule has 0 fully saturated rings. The van der Waals surface area contributed by atoms with E-state index in [0.29, 0.717) is 22.9 Å². The fourth-order valence-corrected chi connectivity index (χ4v) is 2.62. The van der Waals surface area contributed by atoms with Crippen LogP contribution in [0.25, 0.3) is 0 Å². The van der Waals surface area contributed by atoms with Crippen molar-refractivity contribution in [2.75, 3.05) is 7.11 Å². The molecule has 0 spiro atoms. The first kappa shape index (κ1) is 14.1. The Morgan fingerprint density at radius 3 is 2.95 bits per heavy atom. The Morgan fingerprint density at radius 2 is 2.32 bits per heavy atom. The van der Waals surface area contributed by atoms with E-state index < -0.39 is 0 Å². The third-order valence-electron chi connectivity index (χ3n) is 2.76. The molecule has 2 N–H and O–H groups in total. The maximum atomic E-state index is 10.0. The molecule has 0 amide bonds. The first-order valence-electron chi connectivity index (χ1n) is 5.80.